The summed E-state index contributed by atoms with van der Waals surface area (Å²) in [5.74, 6) is 1.10. The van der Waals surface area contributed by atoms with Gasteiger partial charge in [-0.2, -0.15) is 0 Å². The summed E-state index contributed by atoms with van der Waals surface area (Å²) in [4.78, 5) is 37.1. The van der Waals surface area contributed by atoms with E-state index in [1.807, 2.05) is 39.8 Å². The molecule has 43 heavy (non-hydrogen) atoms. The van der Waals surface area contributed by atoms with Gasteiger partial charge in [-0.3, -0.25) is 14.3 Å². The average Bonchev–Trinajstić information content (AvgIpc) is 3.42. The zero-order valence-corrected chi connectivity index (χ0v) is 25.2. The number of hydrogen-bond acceptors (Lipinski definition) is 9. The van der Waals surface area contributed by atoms with E-state index in [1.54, 1.807) is 19.1 Å². The fraction of sp³-hybridized carbons (Fsp3) is 0.469. The number of aliphatic hydroxyl groups excluding tert-OH is 2. The van der Waals surface area contributed by atoms with Crippen LogP contribution in [0.25, 0.3) is 17.0 Å². The number of aliphatic hydroxyl groups is 2. The predicted octanol–water partition coefficient (Wildman–Crippen LogP) is 3.67. The summed E-state index contributed by atoms with van der Waals surface area (Å²) >= 11 is 0. The molecule has 3 aliphatic heterocycles. The Balaban J connectivity index is 0.000000196. The maximum atomic E-state index is 12.3. The number of nitrogens with zero attached hydrogens (tertiary/aromatic N) is 1. The SMILES string of the molecule is CCCc1cc(=O)oc2c3c(c4c(c12)OC(C)(C)C=C4)O[C@H](C)[C@@H](C)[C@@H]3O.Cc1cn([C@H]2C=C[C@@H](CO)O2)c(=O)[nH]c1=O. The van der Waals surface area contributed by atoms with E-state index in [-0.39, 0.29) is 18.6 Å². The van der Waals surface area contributed by atoms with Gasteiger partial charge in [0.2, 0.25) is 0 Å². The van der Waals surface area contributed by atoms with Crippen LogP contribution < -0.4 is 26.3 Å². The number of benzene rings is 1. The van der Waals surface area contributed by atoms with Gasteiger partial charge < -0.3 is 28.8 Å². The van der Waals surface area contributed by atoms with Crippen molar-refractivity contribution in [1.29, 1.82) is 0 Å². The molecule has 0 saturated carbocycles. The van der Waals surface area contributed by atoms with Crippen LogP contribution in [0.2, 0.25) is 0 Å². The Morgan fingerprint density at radius 3 is 2.53 bits per heavy atom. The summed E-state index contributed by atoms with van der Waals surface area (Å²) < 4.78 is 24.8. The third-order valence-electron chi connectivity index (χ3n) is 8.03. The second-order valence-corrected chi connectivity index (χ2v) is 11.8. The van der Waals surface area contributed by atoms with Crippen molar-refractivity contribution in [3.05, 3.63) is 84.0 Å². The number of fused-ring (bicyclic) bond motifs is 6. The lowest BCUT2D eigenvalue weighted by Crippen LogP contribution is -2.34. The van der Waals surface area contributed by atoms with E-state index >= 15 is 0 Å². The van der Waals surface area contributed by atoms with Gasteiger partial charge in [0.05, 0.1) is 29.2 Å². The van der Waals surface area contributed by atoms with Crippen LogP contribution in [0.3, 0.4) is 0 Å². The van der Waals surface area contributed by atoms with Crippen molar-refractivity contribution in [3.8, 4) is 11.5 Å². The number of rotatable bonds is 4. The van der Waals surface area contributed by atoms with Crippen LogP contribution in [-0.4, -0.2) is 44.2 Å². The van der Waals surface area contributed by atoms with Crippen LogP contribution in [0.15, 0.2) is 49.3 Å². The first kappa shape index (κ1) is 30.5. The molecule has 0 spiro atoms. The van der Waals surface area contributed by atoms with E-state index in [1.165, 1.54) is 16.8 Å². The third kappa shape index (κ3) is 5.72. The summed E-state index contributed by atoms with van der Waals surface area (Å²) in [6, 6.07) is 1.54. The van der Waals surface area contributed by atoms with Crippen LogP contribution in [0, 0.1) is 12.8 Å². The highest BCUT2D eigenvalue weighted by Crippen LogP contribution is 2.52. The quantitative estimate of drug-likeness (QED) is 0.303. The van der Waals surface area contributed by atoms with Crippen LogP contribution in [-0.2, 0) is 11.2 Å². The highest BCUT2D eigenvalue weighted by molar-refractivity contribution is 5.97. The van der Waals surface area contributed by atoms with E-state index in [0.29, 0.717) is 28.2 Å². The molecule has 1 aromatic carbocycles. The largest absolute Gasteiger partial charge is 0.489 e. The van der Waals surface area contributed by atoms with E-state index in [4.69, 9.17) is 23.7 Å². The molecule has 0 saturated heterocycles. The maximum Gasteiger partial charge on any atom is 0.336 e. The molecule has 0 fully saturated rings. The van der Waals surface area contributed by atoms with Gasteiger partial charge >= 0.3 is 11.3 Å². The van der Waals surface area contributed by atoms with E-state index in [9.17, 15) is 19.5 Å². The Kier molecular flexibility index (Phi) is 8.26. The maximum absolute atomic E-state index is 12.3. The number of nitrogens with one attached hydrogen (secondary N) is 1. The van der Waals surface area contributed by atoms with Crippen molar-refractivity contribution >= 4 is 17.0 Å². The molecule has 6 rings (SSSR count). The first-order valence-corrected chi connectivity index (χ1v) is 14.5. The topological polar surface area (TPSA) is 153 Å². The fourth-order valence-corrected chi connectivity index (χ4v) is 5.51. The highest BCUT2D eigenvalue weighted by atomic mass is 16.5. The summed E-state index contributed by atoms with van der Waals surface area (Å²) in [6.07, 6.45) is 8.46. The second kappa shape index (κ2) is 11.6. The molecular weight excluding hydrogens is 556 g/mol. The molecule has 11 nitrogen and oxygen atoms in total. The zero-order chi connectivity index (χ0) is 31.2. The van der Waals surface area contributed by atoms with E-state index in [0.717, 1.165) is 29.4 Å². The minimum absolute atomic E-state index is 0.121. The lowest BCUT2D eigenvalue weighted by atomic mass is 9.85. The van der Waals surface area contributed by atoms with Crippen LogP contribution in [0.4, 0.5) is 0 Å². The Labute approximate surface area is 248 Å². The van der Waals surface area contributed by atoms with Crippen molar-refractivity contribution in [1.82, 2.24) is 9.55 Å². The molecule has 5 atom stereocenters. The molecule has 3 aromatic rings. The molecule has 0 radical (unpaired) electrons. The van der Waals surface area contributed by atoms with Crippen molar-refractivity contribution in [3.63, 3.8) is 0 Å². The number of aryl methyl sites for hydroxylation is 2. The number of hydrogen-bond donors (Lipinski definition) is 3. The number of H-pyrrole nitrogens is 1. The van der Waals surface area contributed by atoms with Crippen molar-refractivity contribution in [2.45, 2.75) is 84.5 Å². The molecular formula is C32H38N2O9. The Morgan fingerprint density at radius 2 is 1.86 bits per heavy atom. The molecule has 3 N–H and O–H groups in total. The van der Waals surface area contributed by atoms with E-state index in [2.05, 4.69) is 11.9 Å². The molecule has 0 aliphatic carbocycles. The monoisotopic (exact) mass is 594 g/mol. The third-order valence-corrected chi connectivity index (χ3v) is 8.03. The van der Waals surface area contributed by atoms with Gasteiger partial charge in [-0.1, -0.05) is 26.3 Å². The summed E-state index contributed by atoms with van der Waals surface area (Å²) in [5.41, 5.74) is 1.23. The first-order valence-electron chi connectivity index (χ1n) is 14.5. The zero-order valence-electron chi connectivity index (χ0n) is 25.2. The molecule has 5 heterocycles. The van der Waals surface area contributed by atoms with Gasteiger partial charge in [-0.05, 0) is 57.9 Å². The van der Waals surface area contributed by atoms with E-state index < -0.39 is 40.9 Å². The van der Waals surface area contributed by atoms with Crippen LogP contribution in [0.5, 0.6) is 11.5 Å². The van der Waals surface area contributed by atoms with Gasteiger partial charge in [0, 0.05) is 23.7 Å². The lowest BCUT2D eigenvalue weighted by molar-refractivity contribution is -0.0104. The van der Waals surface area contributed by atoms with Gasteiger partial charge in [0.15, 0.2) is 11.8 Å². The molecule has 230 valence electrons. The molecule has 0 unspecified atom stereocenters. The molecule has 2 aromatic heterocycles. The van der Waals surface area contributed by atoms with Crippen molar-refractivity contribution < 1.29 is 28.8 Å². The Morgan fingerprint density at radius 1 is 1.12 bits per heavy atom. The van der Waals surface area contributed by atoms with Gasteiger partial charge in [0.1, 0.15) is 29.3 Å². The predicted molar refractivity (Wildman–Crippen MR) is 161 cm³/mol. The van der Waals surface area contributed by atoms with Gasteiger partial charge in [-0.25, -0.2) is 9.59 Å². The van der Waals surface area contributed by atoms with Crippen LogP contribution in [0.1, 0.15) is 75.6 Å². The summed E-state index contributed by atoms with van der Waals surface area (Å²) in [6.45, 7) is 11.4. The smallest absolute Gasteiger partial charge is 0.336 e. The normalized spacial score (nSPS) is 24.9. The summed E-state index contributed by atoms with van der Waals surface area (Å²) in [5, 5.41) is 20.7. The molecule has 0 bridgehead atoms. The minimum Gasteiger partial charge on any atom is -0.489 e. The second-order valence-electron chi connectivity index (χ2n) is 11.8. The molecule has 3 aliphatic rings. The fourth-order valence-electron chi connectivity index (χ4n) is 5.51. The molecule has 11 heteroatoms. The first-order chi connectivity index (χ1) is 20.3. The van der Waals surface area contributed by atoms with Crippen molar-refractivity contribution in [2.24, 2.45) is 5.92 Å². The highest BCUT2D eigenvalue weighted by Gasteiger charge is 2.39. The Bertz CT molecular complexity index is 1780. The number of ether oxygens (including phenoxy) is 3. The number of aromatic nitrogens is 2. The average molecular weight is 595 g/mol. The molecule has 0 amide bonds. The van der Waals surface area contributed by atoms with Crippen LogP contribution >= 0.6 is 0 Å². The standard InChI is InChI=1S/C22H26O5.C10H12N2O4/c1-6-7-13-10-15(23)26-21-16(13)20-14(8-9-22(4,5)27-20)19-17(21)18(24)11(2)12(3)25-19;1-6-4-12(10(15)11-9(6)14)8-3-2-7(5-13)16-8/h8-12,18,24H,6-7H2,1-5H3;2-4,7-8,13H,5H2,1H3,(H,11,14,15)/t11-,12-,18+;7-,8+/m10/s1. The number of aromatic amines is 1. The lowest BCUT2D eigenvalue weighted by Gasteiger charge is -2.37. The summed E-state index contributed by atoms with van der Waals surface area (Å²) in [7, 11) is 0. The van der Waals surface area contributed by atoms with Gasteiger partial charge in [0.25, 0.3) is 5.56 Å². The minimum atomic E-state index is -0.778. The Hall–Kier alpha value is -3.93. The van der Waals surface area contributed by atoms with Crippen molar-refractivity contribution in [2.75, 3.05) is 6.61 Å². The van der Waals surface area contributed by atoms with Gasteiger partial charge in [-0.15, -0.1) is 0 Å².